The van der Waals surface area contributed by atoms with Gasteiger partial charge in [0.1, 0.15) is 0 Å². The van der Waals surface area contributed by atoms with Crippen LogP contribution in [0.15, 0.2) is 11.6 Å². The highest BCUT2D eigenvalue weighted by Crippen LogP contribution is 2.40. The Morgan fingerprint density at radius 2 is 2.14 bits per heavy atom. The maximum Gasteiger partial charge on any atom is 0.331 e. The van der Waals surface area contributed by atoms with Crippen molar-refractivity contribution in [2.75, 3.05) is 0 Å². The fourth-order valence-corrected chi connectivity index (χ4v) is 1.73. The van der Waals surface area contributed by atoms with E-state index in [0.717, 1.165) is 12.8 Å². The molecule has 0 aromatic heterocycles. The summed E-state index contributed by atoms with van der Waals surface area (Å²) in [6.45, 7) is 8.95. The lowest BCUT2D eigenvalue weighted by Crippen LogP contribution is -2.27. The van der Waals surface area contributed by atoms with Crippen molar-refractivity contribution in [3.63, 3.8) is 0 Å². The van der Waals surface area contributed by atoms with E-state index in [1.165, 1.54) is 0 Å². The van der Waals surface area contributed by atoms with Crippen molar-refractivity contribution in [2.45, 2.75) is 40.5 Å². The lowest BCUT2D eigenvalue weighted by Gasteiger charge is -2.35. The smallest absolute Gasteiger partial charge is 0.331 e. The number of hydrogen-bond acceptors (Lipinski definition) is 1. The zero-order chi connectivity index (χ0) is 10.9. The molecule has 0 spiro atoms. The van der Waals surface area contributed by atoms with Gasteiger partial charge >= 0.3 is 5.97 Å². The molecule has 0 aromatic rings. The Morgan fingerprint density at radius 3 is 2.50 bits per heavy atom. The molecule has 2 nitrogen and oxygen atoms in total. The summed E-state index contributed by atoms with van der Waals surface area (Å²) in [6, 6.07) is 0. The van der Waals surface area contributed by atoms with E-state index in [-0.39, 0.29) is 0 Å². The minimum absolute atomic E-state index is 0.311. The molecule has 0 saturated carbocycles. The molecule has 0 radical (unpaired) electrons. The van der Waals surface area contributed by atoms with Gasteiger partial charge in [-0.1, -0.05) is 33.8 Å². The predicted molar refractivity (Wildman–Crippen MR) is 57.1 cm³/mol. The average molecular weight is 196 g/mol. The molecule has 80 valence electrons. The zero-order valence-corrected chi connectivity index (χ0v) is 9.50. The highest BCUT2D eigenvalue weighted by Gasteiger charge is 2.31. The Hall–Kier alpha value is -0.790. The van der Waals surface area contributed by atoms with E-state index in [0.29, 0.717) is 22.8 Å². The number of carboxylic acid groups (broad SMARTS) is 1. The van der Waals surface area contributed by atoms with E-state index >= 15 is 0 Å². The average Bonchev–Trinajstić information content (AvgIpc) is 1.94. The van der Waals surface area contributed by atoms with Crippen molar-refractivity contribution in [1.82, 2.24) is 0 Å². The molecule has 0 fully saturated rings. The quantitative estimate of drug-likeness (QED) is 0.750. The topological polar surface area (TPSA) is 37.3 Å². The van der Waals surface area contributed by atoms with Crippen molar-refractivity contribution in [2.24, 2.45) is 17.3 Å². The van der Waals surface area contributed by atoms with Gasteiger partial charge in [-0.3, -0.25) is 0 Å². The number of rotatable bonds is 4. The van der Waals surface area contributed by atoms with Gasteiger partial charge in [-0.25, -0.2) is 4.79 Å². The Balaban J connectivity index is 2.47. The van der Waals surface area contributed by atoms with Crippen molar-refractivity contribution in [1.29, 1.82) is 0 Å². The molecule has 1 atom stereocenters. The van der Waals surface area contributed by atoms with Gasteiger partial charge in [0.2, 0.25) is 0 Å². The van der Waals surface area contributed by atoms with Gasteiger partial charge in [0.05, 0.1) is 0 Å². The first-order chi connectivity index (χ1) is 6.33. The molecule has 2 heteroatoms. The van der Waals surface area contributed by atoms with Gasteiger partial charge in [0.25, 0.3) is 0 Å². The molecule has 0 bridgehead atoms. The summed E-state index contributed by atoms with van der Waals surface area (Å²) in [7, 11) is 0. The monoisotopic (exact) mass is 196 g/mol. The summed E-state index contributed by atoms with van der Waals surface area (Å²) >= 11 is 0. The molecule has 1 N–H and O–H groups in total. The third kappa shape index (κ3) is 2.37. The van der Waals surface area contributed by atoms with E-state index < -0.39 is 5.97 Å². The highest BCUT2D eigenvalue weighted by molar-refractivity contribution is 5.88. The van der Waals surface area contributed by atoms with Crippen molar-refractivity contribution < 1.29 is 9.90 Å². The van der Waals surface area contributed by atoms with Gasteiger partial charge in [0.15, 0.2) is 0 Å². The summed E-state index contributed by atoms with van der Waals surface area (Å²) in [6.07, 6.45) is 3.76. The summed E-state index contributed by atoms with van der Waals surface area (Å²) in [5, 5.41) is 8.69. The second-order valence-corrected chi connectivity index (χ2v) is 5.31. The van der Waals surface area contributed by atoms with Gasteiger partial charge in [0, 0.05) is 5.57 Å². The molecule has 0 saturated heterocycles. The standard InChI is InChI=1S/C12H20O2/c1-8(2)12(3,4)7-9-5-10(6-9)11(13)14/h5,8-9H,6-7H2,1-4H3,(H,13,14). The first-order valence-electron chi connectivity index (χ1n) is 5.27. The summed E-state index contributed by atoms with van der Waals surface area (Å²) < 4.78 is 0. The minimum atomic E-state index is -0.747. The number of aliphatic carboxylic acids is 1. The molecule has 0 heterocycles. The molecular formula is C12H20O2. The molecule has 1 rings (SSSR count). The van der Waals surface area contributed by atoms with Crippen LogP contribution in [0.1, 0.15) is 40.5 Å². The van der Waals surface area contributed by atoms with Crippen molar-refractivity contribution >= 4 is 5.97 Å². The van der Waals surface area contributed by atoms with Crippen LogP contribution in [0.2, 0.25) is 0 Å². The molecule has 1 aliphatic rings. The van der Waals surface area contributed by atoms with Crippen LogP contribution >= 0.6 is 0 Å². The SMILES string of the molecule is CC(C)C(C)(C)CC1C=C(C(=O)O)C1. The lowest BCUT2D eigenvalue weighted by molar-refractivity contribution is -0.133. The highest BCUT2D eigenvalue weighted by atomic mass is 16.4. The fraction of sp³-hybridized carbons (Fsp3) is 0.750. The second-order valence-electron chi connectivity index (χ2n) is 5.31. The maximum absolute atomic E-state index is 10.6. The molecule has 14 heavy (non-hydrogen) atoms. The Labute approximate surface area is 86.0 Å². The minimum Gasteiger partial charge on any atom is -0.478 e. The molecule has 0 amide bonds. The van der Waals surface area contributed by atoms with Gasteiger partial charge in [-0.2, -0.15) is 0 Å². The maximum atomic E-state index is 10.6. The third-order valence-electron chi connectivity index (χ3n) is 3.54. The van der Waals surface area contributed by atoms with E-state index in [4.69, 9.17) is 5.11 Å². The van der Waals surface area contributed by atoms with Crippen LogP contribution in [0.5, 0.6) is 0 Å². The molecule has 1 aliphatic carbocycles. The van der Waals surface area contributed by atoms with Crippen molar-refractivity contribution in [3.05, 3.63) is 11.6 Å². The largest absolute Gasteiger partial charge is 0.478 e. The first kappa shape index (κ1) is 11.3. The lowest BCUT2D eigenvalue weighted by atomic mass is 9.70. The van der Waals surface area contributed by atoms with Crippen LogP contribution in [0.4, 0.5) is 0 Å². The van der Waals surface area contributed by atoms with E-state index in [1.54, 1.807) is 0 Å². The van der Waals surface area contributed by atoms with Crippen LogP contribution in [0.25, 0.3) is 0 Å². The van der Waals surface area contributed by atoms with Crippen LogP contribution < -0.4 is 0 Å². The summed E-state index contributed by atoms with van der Waals surface area (Å²) in [5.74, 6) is 0.381. The normalized spacial score (nSPS) is 21.8. The van der Waals surface area contributed by atoms with Crippen LogP contribution in [-0.2, 0) is 4.79 Å². The predicted octanol–water partition coefficient (Wildman–Crippen LogP) is 3.09. The third-order valence-corrected chi connectivity index (χ3v) is 3.54. The zero-order valence-electron chi connectivity index (χ0n) is 9.50. The molecule has 1 unspecified atom stereocenters. The Morgan fingerprint density at radius 1 is 1.64 bits per heavy atom. The Kier molecular flexibility index (Phi) is 3.03. The van der Waals surface area contributed by atoms with Crippen LogP contribution in [0.3, 0.4) is 0 Å². The van der Waals surface area contributed by atoms with Gasteiger partial charge < -0.3 is 5.11 Å². The number of carboxylic acids is 1. The number of hydrogen-bond donors (Lipinski definition) is 1. The van der Waals surface area contributed by atoms with Crippen molar-refractivity contribution in [3.8, 4) is 0 Å². The summed E-state index contributed by atoms with van der Waals surface area (Å²) in [5.41, 5.74) is 0.903. The van der Waals surface area contributed by atoms with Gasteiger partial charge in [-0.15, -0.1) is 0 Å². The van der Waals surface area contributed by atoms with Crippen LogP contribution in [-0.4, -0.2) is 11.1 Å². The fourth-order valence-electron chi connectivity index (χ4n) is 1.73. The molecular weight excluding hydrogens is 176 g/mol. The van der Waals surface area contributed by atoms with Gasteiger partial charge in [-0.05, 0) is 30.1 Å². The number of carbonyl (C=O) groups is 1. The molecule has 0 aromatic carbocycles. The van der Waals surface area contributed by atoms with Crippen LogP contribution in [0, 0.1) is 17.3 Å². The summed E-state index contributed by atoms with van der Waals surface area (Å²) in [4.78, 5) is 10.6. The molecule has 0 aliphatic heterocycles. The second kappa shape index (κ2) is 3.76. The number of allylic oxidation sites excluding steroid dienone is 1. The first-order valence-corrected chi connectivity index (χ1v) is 5.27. The van der Waals surface area contributed by atoms with E-state index in [1.807, 2.05) is 6.08 Å². The van der Waals surface area contributed by atoms with E-state index in [2.05, 4.69) is 27.7 Å². The van der Waals surface area contributed by atoms with E-state index in [9.17, 15) is 4.79 Å². The Bertz CT molecular complexity index is 261.